The lowest BCUT2D eigenvalue weighted by Gasteiger charge is -2.21. The molecule has 0 saturated heterocycles. The Hall–Kier alpha value is -3.95. The number of halogens is 3. The van der Waals surface area contributed by atoms with Gasteiger partial charge in [0.25, 0.3) is 0 Å². The van der Waals surface area contributed by atoms with E-state index in [0.717, 1.165) is 17.8 Å². The Labute approximate surface area is 206 Å². The summed E-state index contributed by atoms with van der Waals surface area (Å²) in [6.45, 7) is -0.283. The zero-order valence-electron chi connectivity index (χ0n) is 17.8. The minimum atomic E-state index is -0.647. The normalized spacial score (nSPS) is 10.8. The van der Waals surface area contributed by atoms with Gasteiger partial charge >= 0.3 is 6.01 Å². The van der Waals surface area contributed by atoms with Crippen molar-refractivity contribution in [1.82, 2.24) is 25.1 Å². The minimum absolute atomic E-state index is 0.0558. The van der Waals surface area contributed by atoms with E-state index in [9.17, 15) is 13.6 Å². The zero-order chi connectivity index (χ0) is 24.9. The van der Waals surface area contributed by atoms with Crippen LogP contribution in [0.2, 0.25) is 5.02 Å². The second-order valence-electron chi connectivity index (χ2n) is 7.23. The molecule has 2 aromatic carbocycles. The number of hydrogen-bond donors (Lipinski definition) is 2. The molecule has 0 bridgehead atoms. The van der Waals surface area contributed by atoms with E-state index in [1.165, 1.54) is 35.6 Å². The number of H-pyrrole nitrogens is 1. The summed E-state index contributed by atoms with van der Waals surface area (Å²) in [6, 6.07) is 8.54. The quantitative estimate of drug-likeness (QED) is 0.333. The van der Waals surface area contributed by atoms with Crippen LogP contribution in [0.25, 0.3) is 11.3 Å². The number of nitrogens with two attached hydrogens (primary N) is 1. The van der Waals surface area contributed by atoms with Crippen molar-refractivity contribution in [2.75, 3.05) is 11.5 Å². The largest absolute Gasteiger partial charge is 0.406 e. The fraction of sp³-hybridized carbons (Fsp3) is 0.136. The van der Waals surface area contributed by atoms with Gasteiger partial charge in [-0.05, 0) is 24.3 Å². The Morgan fingerprint density at radius 2 is 2.06 bits per heavy atom. The number of nitrogens with zero attached hydrogens (tertiary/aromatic N) is 5. The summed E-state index contributed by atoms with van der Waals surface area (Å²) in [6.07, 6.45) is 2.99. The van der Waals surface area contributed by atoms with E-state index in [1.54, 1.807) is 6.07 Å². The molecule has 0 aliphatic carbocycles. The van der Waals surface area contributed by atoms with Gasteiger partial charge in [-0.1, -0.05) is 22.8 Å². The van der Waals surface area contributed by atoms with E-state index >= 15 is 0 Å². The number of aromatic nitrogens is 4. The van der Waals surface area contributed by atoms with E-state index in [4.69, 9.17) is 27.0 Å². The van der Waals surface area contributed by atoms with Crippen molar-refractivity contribution in [3.05, 3.63) is 76.5 Å². The number of nitriles is 1. The molecule has 1 amide bonds. The van der Waals surface area contributed by atoms with E-state index in [1.807, 2.05) is 6.07 Å². The second kappa shape index (κ2) is 10.5. The van der Waals surface area contributed by atoms with Gasteiger partial charge in [0.2, 0.25) is 11.8 Å². The van der Waals surface area contributed by atoms with Gasteiger partial charge in [0.15, 0.2) is 0 Å². The Balaban J connectivity index is 1.55. The van der Waals surface area contributed by atoms with E-state index in [-0.39, 0.29) is 46.9 Å². The van der Waals surface area contributed by atoms with Crippen molar-refractivity contribution >= 4 is 35.3 Å². The number of amides is 1. The summed E-state index contributed by atoms with van der Waals surface area (Å²) < 4.78 is 34.1. The van der Waals surface area contributed by atoms with Crippen LogP contribution >= 0.6 is 23.4 Å². The fourth-order valence-electron chi connectivity index (χ4n) is 3.15. The number of rotatable bonds is 8. The molecule has 4 rings (SSSR count). The van der Waals surface area contributed by atoms with Gasteiger partial charge in [-0.3, -0.25) is 4.79 Å². The molecular formula is C22H16ClF2N7O2S. The maximum atomic E-state index is 14.5. The van der Waals surface area contributed by atoms with Crippen molar-refractivity contribution in [2.45, 2.75) is 18.0 Å². The summed E-state index contributed by atoms with van der Waals surface area (Å²) >= 11 is 7.15. The van der Waals surface area contributed by atoms with Crippen molar-refractivity contribution < 1.29 is 18.0 Å². The van der Waals surface area contributed by atoms with Crippen LogP contribution in [-0.2, 0) is 17.9 Å². The van der Waals surface area contributed by atoms with Gasteiger partial charge in [0.1, 0.15) is 11.6 Å². The average molecular weight is 516 g/mol. The second-order valence-corrected chi connectivity index (χ2v) is 8.62. The number of hydrogen-bond acceptors (Lipinski definition) is 8. The zero-order valence-corrected chi connectivity index (χ0v) is 19.4. The predicted molar refractivity (Wildman–Crippen MR) is 124 cm³/mol. The number of carbonyl (C=O) groups excluding carboxylic acids is 1. The lowest BCUT2D eigenvalue weighted by Crippen LogP contribution is -2.32. The topological polar surface area (TPSA) is 138 Å². The smallest absolute Gasteiger partial charge is 0.312 e. The number of thioether (sulfide) groups is 1. The Morgan fingerprint density at radius 1 is 1.23 bits per heavy atom. The highest BCUT2D eigenvalue weighted by Crippen LogP contribution is 2.34. The van der Waals surface area contributed by atoms with Gasteiger partial charge in [0, 0.05) is 22.6 Å². The fourth-order valence-corrected chi connectivity index (χ4v) is 4.31. The molecule has 4 aromatic rings. The maximum absolute atomic E-state index is 14.5. The monoisotopic (exact) mass is 515 g/mol. The first-order valence-corrected chi connectivity index (χ1v) is 11.3. The SMILES string of the molecule is N#Cc1ccc(CN(Cc2nnc(N)o2)C(=O)CSc2cc(-c3cnc[nH]3)cc(F)c2Cl)c(F)c1. The first kappa shape index (κ1) is 24.2. The van der Waals surface area contributed by atoms with Crippen molar-refractivity contribution in [3.63, 3.8) is 0 Å². The van der Waals surface area contributed by atoms with Gasteiger partial charge in [-0.25, -0.2) is 13.8 Å². The van der Waals surface area contributed by atoms with E-state index in [0.29, 0.717) is 16.2 Å². The standard InChI is InChI=1S/C22H16ClF2N7O2S/c23-21-16(25)4-14(17-7-28-11-29-17)5-18(21)35-10-20(33)32(9-19-30-31-22(27)34-19)8-13-2-1-12(6-26)3-15(13)24/h1-5,7,11H,8-10H2,(H2,27,31)(H,28,29). The van der Waals surface area contributed by atoms with Crippen LogP contribution in [0, 0.1) is 23.0 Å². The van der Waals surface area contributed by atoms with Gasteiger partial charge in [-0.2, -0.15) is 5.26 Å². The van der Waals surface area contributed by atoms with E-state index in [2.05, 4.69) is 20.2 Å². The summed E-state index contributed by atoms with van der Waals surface area (Å²) in [5.41, 5.74) is 6.89. The van der Waals surface area contributed by atoms with Crippen LogP contribution in [0.15, 0.2) is 52.2 Å². The van der Waals surface area contributed by atoms with Crippen molar-refractivity contribution in [3.8, 4) is 17.3 Å². The maximum Gasteiger partial charge on any atom is 0.312 e. The van der Waals surface area contributed by atoms with E-state index < -0.39 is 17.5 Å². The summed E-state index contributed by atoms with van der Waals surface area (Å²) in [5, 5.41) is 16.1. The molecule has 0 spiro atoms. The number of nitrogen functional groups attached to an aromatic ring is 1. The number of aromatic amines is 1. The first-order valence-electron chi connectivity index (χ1n) is 9.98. The highest BCUT2D eigenvalue weighted by atomic mass is 35.5. The van der Waals surface area contributed by atoms with Crippen LogP contribution < -0.4 is 5.73 Å². The van der Waals surface area contributed by atoms with Crippen molar-refractivity contribution in [1.29, 1.82) is 5.26 Å². The lowest BCUT2D eigenvalue weighted by molar-refractivity contribution is -0.129. The third-order valence-corrected chi connectivity index (χ3v) is 6.38. The van der Waals surface area contributed by atoms with Gasteiger partial charge in [-0.15, -0.1) is 16.9 Å². The predicted octanol–water partition coefficient (Wildman–Crippen LogP) is 4.17. The molecule has 0 radical (unpaired) electrons. The molecule has 0 aliphatic heterocycles. The van der Waals surface area contributed by atoms with Gasteiger partial charge in [0.05, 0.1) is 47.2 Å². The molecular weight excluding hydrogens is 500 g/mol. The molecule has 2 aromatic heterocycles. The molecule has 35 heavy (non-hydrogen) atoms. The average Bonchev–Trinajstić information content (AvgIpc) is 3.52. The Kier molecular flexibility index (Phi) is 7.28. The number of carbonyl (C=O) groups is 1. The van der Waals surface area contributed by atoms with Crippen LogP contribution in [0.5, 0.6) is 0 Å². The van der Waals surface area contributed by atoms with Crippen LogP contribution in [0.3, 0.4) is 0 Å². The first-order chi connectivity index (χ1) is 16.8. The number of nitrogens with one attached hydrogen (secondary N) is 1. The third-order valence-electron chi connectivity index (χ3n) is 4.86. The van der Waals surface area contributed by atoms with Crippen LogP contribution in [-0.4, -0.2) is 36.7 Å². The van der Waals surface area contributed by atoms with Crippen molar-refractivity contribution in [2.24, 2.45) is 0 Å². The van der Waals surface area contributed by atoms with Crippen LogP contribution in [0.1, 0.15) is 17.0 Å². The summed E-state index contributed by atoms with van der Waals surface area (Å²) in [5.74, 6) is -1.81. The molecule has 0 saturated carbocycles. The molecule has 0 atom stereocenters. The van der Waals surface area contributed by atoms with Crippen LogP contribution in [0.4, 0.5) is 14.8 Å². The summed E-state index contributed by atoms with van der Waals surface area (Å²) in [4.78, 5) is 21.6. The minimum Gasteiger partial charge on any atom is -0.406 e. The molecule has 0 unspecified atom stereocenters. The summed E-state index contributed by atoms with van der Waals surface area (Å²) in [7, 11) is 0. The molecule has 0 aliphatic rings. The molecule has 2 heterocycles. The Morgan fingerprint density at radius 3 is 2.71 bits per heavy atom. The molecule has 0 fully saturated rings. The molecule has 178 valence electrons. The number of imidazole rings is 1. The molecule has 9 nitrogen and oxygen atoms in total. The Bertz CT molecular complexity index is 1410. The highest BCUT2D eigenvalue weighted by molar-refractivity contribution is 8.00. The number of benzene rings is 2. The molecule has 3 N–H and O–H groups in total. The third kappa shape index (κ3) is 5.76. The molecule has 13 heteroatoms. The number of anilines is 1. The van der Waals surface area contributed by atoms with Gasteiger partial charge < -0.3 is 20.0 Å². The highest BCUT2D eigenvalue weighted by Gasteiger charge is 2.21. The lowest BCUT2D eigenvalue weighted by atomic mass is 10.1.